The summed E-state index contributed by atoms with van der Waals surface area (Å²) in [6.07, 6.45) is 1.15. The molecular formula is C19H22BrNO3. The van der Waals surface area contributed by atoms with E-state index in [1.54, 1.807) is 13.2 Å². The van der Waals surface area contributed by atoms with E-state index in [0.717, 1.165) is 15.6 Å². The summed E-state index contributed by atoms with van der Waals surface area (Å²) in [7, 11) is 1.61. The average Bonchev–Trinajstić information content (AvgIpc) is 2.61. The lowest BCUT2D eigenvalue weighted by Crippen LogP contribution is -2.21. The van der Waals surface area contributed by atoms with Crippen molar-refractivity contribution in [2.24, 2.45) is 0 Å². The number of ether oxygens (including phenoxy) is 2. The van der Waals surface area contributed by atoms with Crippen LogP contribution in [-0.4, -0.2) is 25.4 Å². The summed E-state index contributed by atoms with van der Waals surface area (Å²) < 4.78 is 11.8. The van der Waals surface area contributed by atoms with Gasteiger partial charge < -0.3 is 19.9 Å². The Kier molecular flexibility index (Phi) is 7.31. The van der Waals surface area contributed by atoms with Crippen LogP contribution in [-0.2, 0) is 6.54 Å². The molecule has 0 saturated heterocycles. The van der Waals surface area contributed by atoms with Crippen molar-refractivity contribution in [3.63, 3.8) is 0 Å². The van der Waals surface area contributed by atoms with E-state index in [9.17, 15) is 5.11 Å². The maximum atomic E-state index is 10.2. The second-order valence-corrected chi connectivity index (χ2v) is 6.12. The maximum absolute atomic E-state index is 10.2. The molecule has 0 aliphatic rings. The third-order valence-electron chi connectivity index (χ3n) is 3.49. The first kappa shape index (κ1) is 18.5. The third kappa shape index (κ3) is 5.09. The summed E-state index contributed by atoms with van der Waals surface area (Å²) in [6.45, 7) is 5.14. The highest BCUT2D eigenvalue weighted by Gasteiger charge is 2.12. The number of aliphatic hydroxyl groups excluding tert-OH is 1. The van der Waals surface area contributed by atoms with Crippen LogP contribution < -0.4 is 14.8 Å². The first-order valence-electron chi connectivity index (χ1n) is 7.69. The summed E-state index contributed by atoms with van der Waals surface area (Å²) in [5, 5.41) is 13.4. The number of methoxy groups -OCH3 is 1. The van der Waals surface area contributed by atoms with Gasteiger partial charge in [0.2, 0.25) is 0 Å². The van der Waals surface area contributed by atoms with Gasteiger partial charge in [-0.1, -0.05) is 43.0 Å². The molecule has 0 heterocycles. The van der Waals surface area contributed by atoms with Crippen molar-refractivity contribution in [2.45, 2.75) is 12.6 Å². The molecule has 24 heavy (non-hydrogen) atoms. The van der Waals surface area contributed by atoms with Gasteiger partial charge in [-0.05, 0) is 39.2 Å². The largest absolute Gasteiger partial charge is 0.493 e. The number of rotatable bonds is 9. The summed E-state index contributed by atoms with van der Waals surface area (Å²) in [5.41, 5.74) is 1.93. The van der Waals surface area contributed by atoms with Crippen molar-refractivity contribution < 1.29 is 14.6 Å². The Morgan fingerprint density at radius 1 is 1.29 bits per heavy atom. The Bertz CT molecular complexity index is 661. The number of benzene rings is 2. The second-order valence-electron chi connectivity index (χ2n) is 5.27. The zero-order chi connectivity index (χ0) is 17.4. The molecule has 5 heteroatoms. The fourth-order valence-electron chi connectivity index (χ4n) is 2.30. The molecule has 2 rings (SSSR count). The molecule has 2 N–H and O–H groups in total. The van der Waals surface area contributed by atoms with Gasteiger partial charge in [0.25, 0.3) is 0 Å². The molecule has 0 aliphatic heterocycles. The molecule has 0 bridgehead atoms. The van der Waals surface area contributed by atoms with E-state index in [1.807, 2.05) is 42.5 Å². The highest BCUT2D eigenvalue weighted by atomic mass is 79.9. The van der Waals surface area contributed by atoms with Crippen LogP contribution in [0.25, 0.3) is 0 Å². The van der Waals surface area contributed by atoms with Crippen molar-refractivity contribution in [1.29, 1.82) is 0 Å². The lowest BCUT2D eigenvalue weighted by atomic mass is 10.1. The Hall–Kier alpha value is -1.82. The van der Waals surface area contributed by atoms with Crippen LogP contribution in [0.4, 0.5) is 0 Å². The van der Waals surface area contributed by atoms with Crippen LogP contribution in [0.5, 0.6) is 11.5 Å². The van der Waals surface area contributed by atoms with E-state index >= 15 is 0 Å². The number of nitrogens with one attached hydrogen (secondary N) is 1. The minimum absolute atomic E-state index is 0.413. The van der Waals surface area contributed by atoms with Crippen molar-refractivity contribution in [1.82, 2.24) is 5.32 Å². The predicted octanol–water partition coefficient (Wildman–Crippen LogP) is 3.85. The average molecular weight is 392 g/mol. The first-order chi connectivity index (χ1) is 11.7. The third-order valence-corrected chi connectivity index (χ3v) is 4.07. The SMILES string of the molecule is C=CCOc1c(Br)cc(CNC[C@H](O)c2ccccc2)cc1OC. The van der Waals surface area contributed by atoms with E-state index in [-0.39, 0.29) is 0 Å². The minimum atomic E-state index is -0.535. The molecule has 0 saturated carbocycles. The van der Waals surface area contributed by atoms with E-state index in [4.69, 9.17) is 9.47 Å². The normalized spacial score (nSPS) is 11.8. The molecule has 2 aromatic carbocycles. The van der Waals surface area contributed by atoms with Gasteiger partial charge in [-0.2, -0.15) is 0 Å². The van der Waals surface area contributed by atoms with Gasteiger partial charge in [0.15, 0.2) is 11.5 Å². The topological polar surface area (TPSA) is 50.7 Å². The Morgan fingerprint density at radius 3 is 2.71 bits per heavy atom. The lowest BCUT2D eigenvalue weighted by molar-refractivity contribution is 0.174. The van der Waals surface area contributed by atoms with Gasteiger partial charge in [-0.25, -0.2) is 0 Å². The van der Waals surface area contributed by atoms with Crippen molar-refractivity contribution in [3.05, 3.63) is 70.7 Å². The summed E-state index contributed by atoms with van der Waals surface area (Å²) in [4.78, 5) is 0. The van der Waals surface area contributed by atoms with Gasteiger partial charge in [0, 0.05) is 13.1 Å². The molecule has 1 atom stereocenters. The maximum Gasteiger partial charge on any atom is 0.175 e. The zero-order valence-electron chi connectivity index (χ0n) is 13.7. The van der Waals surface area contributed by atoms with Crippen molar-refractivity contribution >= 4 is 15.9 Å². The first-order valence-corrected chi connectivity index (χ1v) is 8.48. The highest BCUT2D eigenvalue weighted by Crippen LogP contribution is 2.36. The number of aliphatic hydroxyl groups is 1. The van der Waals surface area contributed by atoms with Crippen LogP contribution in [0.1, 0.15) is 17.2 Å². The fraction of sp³-hybridized carbons (Fsp3) is 0.263. The molecule has 0 spiro atoms. The molecule has 128 valence electrons. The van der Waals surface area contributed by atoms with Crippen LogP contribution >= 0.6 is 15.9 Å². The van der Waals surface area contributed by atoms with Crippen LogP contribution in [0.2, 0.25) is 0 Å². The van der Waals surface area contributed by atoms with Crippen molar-refractivity contribution in [2.75, 3.05) is 20.3 Å². The van der Waals surface area contributed by atoms with E-state index in [2.05, 4.69) is 27.8 Å². The standard InChI is InChI=1S/C19H22BrNO3/c1-3-9-24-19-16(20)10-14(11-18(19)23-2)12-21-13-17(22)15-7-5-4-6-8-15/h3-8,10-11,17,21-22H,1,9,12-13H2,2H3/t17-/m0/s1. The molecule has 4 nitrogen and oxygen atoms in total. The number of halogens is 1. The van der Waals surface area contributed by atoms with Gasteiger partial charge in [-0.15, -0.1) is 0 Å². The molecular weight excluding hydrogens is 370 g/mol. The number of hydrogen-bond donors (Lipinski definition) is 2. The van der Waals surface area contributed by atoms with E-state index in [1.165, 1.54) is 0 Å². The predicted molar refractivity (Wildman–Crippen MR) is 99.5 cm³/mol. The van der Waals surface area contributed by atoms with Crippen molar-refractivity contribution in [3.8, 4) is 11.5 Å². The Balaban J connectivity index is 1.97. The van der Waals surface area contributed by atoms with Gasteiger partial charge in [-0.3, -0.25) is 0 Å². The Labute approximate surface area is 151 Å². The van der Waals surface area contributed by atoms with Gasteiger partial charge in [0.1, 0.15) is 6.61 Å². The summed E-state index contributed by atoms with van der Waals surface area (Å²) >= 11 is 3.51. The second kappa shape index (κ2) is 9.47. The van der Waals surface area contributed by atoms with Crippen LogP contribution in [0.15, 0.2) is 59.6 Å². The van der Waals surface area contributed by atoms with E-state index in [0.29, 0.717) is 31.2 Å². The summed E-state index contributed by atoms with van der Waals surface area (Å²) in [5.74, 6) is 1.32. The molecule has 0 aliphatic carbocycles. The molecule has 0 amide bonds. The molecule has 0 radical (unpaired) electrons. The van der Waals surface area contributed by atoms with Crippen LogP contribution in [0, 0.1) is 0 Å². The monoisotopic (exact) mass is 391 g/mol. The minimum Gasteiger partial charge on any atom is -0.493 e. The smallest absolute Gasteiger partial charge is 0.175 e. The summed E-state index contributed by atoms with van der Waals surface area (Å²) in [6, 6.07) is 13.5. The number of hydrogen-bond acceptors (Lipinski definition) is 4. The fourth-order valence-corrected chi connectivity index (χ4v) is 2.91. The highest BCUT2D eigenvalue weighted by molar-refractivity contribution is 9.10. The van der Waals surface area contributed by atoms with E-state index < -0.39 is 6.10 Å². The molecule has 0 unspecified atom stereocenters. The quantitative estimate of drug-likeness (QED) is 0.637. The lowest BCUT2D eigenvalue weighted by Gasteiger charge is -2.15. The van der Waals surface area contributed by atoms with Gasteiger partial charge >= 0.3 is 0 Å². The zero-order valence-corrected chi connectivity index (χ0v) is 15.3. The molecule has 2 aromatic rings. The Morgan fingerprint density at radius 2 is 2.04 bits per heavy atom. The van der Waals surface area contributed by atoms with Crippen LogP contribution in [0.3, 0.4) is 0 Å². The molecule has 0 fully saturated rings. The van der Waals surface area contributed by atoms with Gasteiger partial charge in [0.05, 0.1) is 17.7 Å². The molecule has 0 aromatic heterocycles.